The lowest BCUT2D eigenvalue weighted by Gasteiger charge is -2.14. The van der Waals surface area contributed by atoms with Crippen molar-refractivity contribution in [3.8, 4) is 11.3 Å². The third-order valence-electron chi connectivity index (χ3n) is 4.58. The van der Waals surface area contributed by atoms with E-state index in [9.17, 15) is 14.9 Å². The maximum Gasteiger partial charge on any atom is 0.270 e. The molecule has 3 aromatic rings. The van der Waals surface area contributed by atoms with Gasteiger partial charge in [0, 0.05) is 30.3 Å². The smallest absolute Gasteiger partial charge is 0.270 e. The van der Waals surface area contributed by atoms with E-state index in [0.717, 1.165) is 12.0 Å². The summed E-state index contributed by atoms with van der Waals surface area (Å²) in [6, 6.07) is 19.6. The van der Waals surface area contributed by atoms with Crippen molar-refractivity contribution in [2.75, 3.05) is 6.54 Å². The van der Waals surface area contributed by atoms with Crippen molar-refractivity contribution in [3.63, 3.8) is 0 Å². The fourth-order valence-electron chi connectivity index (χ4n) is 3.07. The monoisotopic (exact) mass is 436 g/mol. The van der Waals surface area contributed by atoms with Crippen LogP contribution in [0.1, 0.15) is 11.3 Å². The molecule has 6 nitrogen and oxygen atoms in total. The minimum Gasteiger partial charge on any atom is -0.457 e. The van der Waals surface area contributed by atoms with Crippen LogP contribution in [0.25, 0.3) is 17.4 Å². The second-order valence-corrected chi connectivity index (χ2v) is 8.25. The SMILES string of the molecule is O=C1C(=Cc2ccc(-c3cccc([N+](=O)[O-])c3)o2)SC(=S)N1CCc1ccccc1. The highest BCUT2D eigenvalue weighted by Crippen LogP contribution is 2.34. The summed E-state index contributed by atoms with van der Waals surface area (Å²) < 4.78 is 6.31. The Morgan fingerprint density at radius 1 is 1.10 bits per heavy atom. The lowest BCUT2D eigenvalue weighted by molar-refractivity contribution is -0.384. The van der Waals surface area contributed by atoms with Crippen LogP contribution in [0.15, 0.2) is 76.1 Å². The van der Waals surface area contributed by atoms with Crippen LogP contribution in [0, 0.1) is 10.1 Å². The first-order valence-electron chi connectivity index (χ1n) is 9.15. The van der Waals surface area contributed by atoms with Gasteiger partial charge in [-0.2, -0.15) is 0 Å². The van der Waals surface area contributed by atoms with E-state index >= 15 is 0 Å². The van der Waals surface area contributed by atoms with Gasteiger partial charge >= 0.3 is 0 Å². The molecule has 1 amide bonds. The lowest BCUT2D eigenvalue weighted by Crippen LogP contribution is -2.30. The van der Waals surface area contributed by atoms with Gasteiger partial charge in [0.15, 0.2) is 0 Å². The highest BCUT2D eigenvalue weighted by molar-refractivity contribution is 8.26. The topological polar surface area (TPSA) is 76.6 Å². The van der Waals surface area contributed by atoms with Crippen molar-refractivity contribution in [2.45, 2.75) is 6.42 Å². The molecule has 0 N–H and O–H groups in total. The Kier molecular flexibility index (Phi) is 5.78. The first-order chi connectivity index (χ1) is 14.5. The number of thiocarbonyl (C=S) groups is 1. The van der Waals surface area contributed by atoms with E-state index in [1.165, 1.54) is 23.9 Å². The molecule has 1 aliphatic heterocycles. The normalized spacial score (nSPS) is 15.2. The van der Waals surface area contributed by atoms with Crippen molar-refractivity contribution in [2.24, 2.45) is 0 Å². The fraction of sp³-hybridized carbons (Fsp3) is 0.0909. The number of carbonyl (C=O) groups excluding carboxylic acids is 1. The zero-order valence-corrected chi connectivity index (χ0v) is 17.3. The number of thioether (sulfide) groups is 1. The molecule has 0 radical (unpaired) electrons. The summed E-state index contributed by atoms with van der Waals surface area (Å²) in [7, 11) is 0. The van der Waals surface area contributed by atoms with Gasteiger partial charge in [0.2, 0.25) is 0 Å². The number of non-ortho nitro benzene ring substituents is 1. The molecule has 1 fully saturated rings. The van der Waals surface area contributed by atoms with Gasteiger partial charge in [-0.05, 0) is 24.1 Å². The van der Waals surface area contributed by atoms with E-state index in [1.54, 1.807) is 35.2 Å². The summed E-state index contributed by atoms with van der Waals surface area (Å²) in [5, 5.41) is 11.0. The standard InChI is InChI=1S/C22H16N2O4S2/c25-21-20(30-22(29)23(21)12-11-15-5-2-1-3-6-15)14-18-9-10-19(28-18)16-7-4-8-17(13-16)24(26)27/h1-10,13-14H,11-12H2. The molecular formula is C22H16N2O4S2. The minimum absolute atomic E-state index is 0.00950. The number of benzene rings is 2. The zero-order valence-electron chi connectivity index (χ0n) is 15.7. The predicted octanol–water partition coefficient (Wildman–Crippen LogP) is 5.30. The summed E-state index contributed by atoms with van der Waals surface area (Å²) in [6.45, 7) is 0.517. The Bertz CT molecular complexity index is 1150. The molecule has 8 heteroatoms. The van der Waals surface area contributed by atoms with Crippen LogP contribution in [0.4, 0.5) is 5.69 Å². The van der Waals surface area contributed by atoms with Gasteiger partial charge in [0.1, 0.15) is 15.8 Å². The molecule has 0 spiro atoms. The zero-order chi connectivity index (χ0) is 21.1. The number of rotatable bonds is 6. The molecule has 0 bridgehead atoms. The van der Waals surface area contributed by atoms with Crippen molar-refractivity contribution in [1.29, 1.82) is 0 Å². The molecule has 1 aromatic heterocycles. The highest BCUT2D eigenvalue weighted by Gasteiger charge is 2.31. The summed E-state index contributed by atoms with van der Waals surface area (Å²) in [6.07, 6.45) is 2.38. The number of furan rings is 1. The van der Waals surface area contributed by atoms with Gasteiger partial charge in [-0.1, -0.05) is 66.4 Å². The van der Waals surface area contributed by atoms with Crippen molar-refractivity contribution >= 4 is 46.0 Å². The van der Waals surface area contributed by atoms with E-state index in [1.807, 2.05) is 30.3 Å². The van der Waals surface area contributed by atoms with Gasteiger partial charge in [0.25, 0.3) is 11.6 Å². The average Bonchev–Trinajstić information content (AvgIpc) is 3.32. The van der Waals surface area contributed by atoms with Crippen molar-refractivity contribution in [3.05, 3.63) is 93.1 Å². The van der Waals surface area contributed by atoms with E-state index in [-0.39, 0.29) is 11.6 Å². The van der Waals surface area contributed by atoms with E-state index < -0.39 is 4.92 Å². The molecule has 2 aromatic carbocycles. The summed E-state index contributed by atoms with van der Waals surface area (Å²) in [4.78, 5) is 25.4. The number of hydrogen-bond acceptors (Lipinski definition) is 6. The molecule has 0 atom stereocenters. The molecule has 2 heterocycles. The summed E-state index contributed by atoms with van der Waals surface area (Å²) >= 11 is 6.62. The maximum atomic E-state index is 12.8. The Labute approximate surface area is 182 Å². The molecule has 0 unspecified atom stereocenters. The van der Waals surface area contributed by atoms with Crippen molar-refractivity contribution < 1.29 is 14.1 Å². The quantitative estimate of drug-likeness (QED) is 0.226. The molecule has 1 aliphatic rings. The highest BCUT2D eigenvalue weighted by atomic mass is 32.2. The number of nitro benzene ring substituents is 1. The van der Waals surface area contributed by atoms with Crippen LogP contribution < -0.4 is 0 Å². The van der Waals surface area contributed by atoms with Gasteiger partial charge in [-0.25, -0.2) is 0 Å². The Morgan fingerprint density at radius 3 is 2.67 bits per heavy atom. The summed E-state index contributed by atoms with van der Waals surface area (Å²) in [5.41, 5.74) is 1.73. The Morgan fingerprint density at radius 2 is 1.90 bits per heavy atom. The third kappa shape index (κ3) is 4.34. The molecule has 0 aliphatic carbocycles. The first-order valence-corrected chi connectivity index (χ1v) is 10.4. The molecular weight excluding hydrogens is 420 g/mol. The van der Waals surface area contributed by atoms with E-state index in [2.05, 4.69) is 0 Å². The van der Waals surface area contributed by atoms with E-state index in [4.69, 9.17) is 16.6 Å². The van der Waals surface area contributed by atoms with Crippen LogP contribution >= 0.6 is 24.0 Å². The maximum absolute atomic E-state index is 12.8. The van der Waals surface area contributed by atoms with Gasteiger partial charge < -0.3 is 4.42 Å². The fourth-order valence-corrected chi connectivity index (χ4v) is 4.35. The Balaban J connectivity index is 1.49. The van der Waals surface area contributed by atoms with Crippen molar-refractivity contribution in [1.82, 2.24) is 4.90 Å². The van der Waals surface area contributed by atoms with Crippen LogP contribution in [-0.4, -0.2) is 26.6 Å². The molecule has 1 saturated heterocycles. The molecule has 150 valence electrons. The predicted molar refractivity (Wildman–Crippen MR) is 121 cm³/mol. The van der Waals surface area contributed by atoms with Gasteiger partial charge in [0.05, 0.1) is 9.83 Å². The van der Waals surface area contributed by atoms with E-state index in [0.29, 0.717) is 32.9 Å². The lowest BCUT2D eigenvalue weighted by atomic mass is 10.1. The second kappa shape index (κ2) is 8.64. The van der Waals surface area contributed by atoms with Gasteiger partial charge in [-0.15, -0.1) is 0 Å². The molecule has 30 heavy (non-hydrogen) atoms. The average molecular weight is 437 g/mol. The summed E-state index contributed by atoms with van der Waals surface area (Å²) in [5.74, 6) is 0.832. The number of amides is 1. The third-order valence-corrected chi connectivity index (χ3v) is 5.96. The number of carbonyl (C=O) groups is 1. The first kappa shape index (κ1) is 20.1. The number of hydrogen-bond donors (Lipinski definition) is 0. The number of nitrogens with zero attached hydrogens (tertiary/aromatic N) is 2. The largest absolute Gasteiger partial charge is 0.457 e. The van der Waals surface area contributed by atoms with Gasteiger partial charge in [-0.3, -0.25) is 19.8 Å². The van der Waals surface area contributed by atoms with Crippen LogP contribution in [0.5, 0.6) is 0 Å². The molecule has 4 rings (SSSR count). The molecule has 0 saturated carbocycles. The second-order valence-electron chi connectivity index (χ2n) is 6.58. The number of nitro groups is 1. The minimum atomic E-state index is -0.450. The Hall–Kier alpha value is -3.23. The van der Waals surface area contributed by atoms with Crippen LogP contribution in [0.2, 0.25) is 0 Å². The van der Waals surface area contributed by atoms with Crippen LogP contribution in [-0.2, 0) is 11.2 Å². The van der Waals surface area contributed by atoms with Crippen LogP contribution in [0.3, 0.4) is 0 Å².